The first kappa shape index (κ1) is 22.1. The molecule has 3 aromatic rings. The van der Waals surface area contributed by atoms with Gasteiger partial charge in [-0.25, -0.2) is 0 Å². The highest BCUT2D eigenvalue weighted by Crippen LogP contribution is 2.28. The number of hydrogen-bond donors (Lipinski definition) is 1. The highest BCUT2D eigenvalue weighted by molar-refractivity contribution is 7.99. The minimum absolute atomic E-state index is 0.0323. The first-order chi connectivity index (χ1) is 14.4. The number of nitrogens with one attached hydrogen (secondary N) is 1. The normalized spacial score (nSPS) is 12.1. The van der Waals surface area contributed by atoms with Crippen LogP contribution in [0.1, 0.15) is 18.8 Å². The van der Waals surface area contributed by atoms with Gasteiger partial charge < -0.3 is 10.1 Å². The van der Waals surface area contributed by atoms with Crippen molar-refractivity contribution in [3.63, 3.8) is 0 Å². The number of rotatable bonds is 8. The Kier molecular flexibility index (Phi) is 7.36. The molecule has 9 heteroatoms. The van der Waals surface area contributed by atoms with E-state index >= 15 is 0 Å². The predicted molar refractivity (Wildman–Crippen MR) is 121 cm³/mol. The summed E-state index contributed by atoms with van der Waals surface area (Å²) >= 11 is 7.37. The number of nitrogens with zero attached hydrogens (tertiary/aromatic N) is 4. The van der Waals surface area contributed by atoms with Crippen LogP contribution in [0.4, 0.5) is 5.69 Å². The van der Waals surface area contributed by atoms with Gasteiger partial charge in [0.25, 0.3) is 0 Å². The lowest BCUT2D eigenvalue weighted by Crippen LogP contribution is -2.21. The van der Waals surface area contributed by atoms with E-state index in [1.807, 2.05) is 55.1 Å². The lowest BCUT2D eigenvalue weighted by molar-refractivity contribution is -0.113. The molecule has 3 rings (SSSR count). The summed E-state index contributed by atoms with van der Waals surface area (Å²) in [5.41, 5.74) is 1.52. The van der Waals surface area contributed by atoms with Gasteiger partial charge in [-0.1, -0.05) is 35.5 Å². The summed E-state index contributed by atoms with van der Waals surface area (Å²) in [7, 11) is 5.54. The molecule has 0 radical (unpaired) electrons. The monoisotopic (exact) mass is 445 g/mol. The second-order valence-electron chi connectivity index (χ2n) is 6.83. The summed E-state index contributed by atoms with van der Waals surface area (Å²) in [5.74, 6) is 1.43. The number of amides is 1. The van der Waals surface area contributed by atoms with Crippen LogP contribution in [0.25, 0.3) is 5.69 Å². The lowest BCUT2D eigenvalue weighted by atomic mass is 10.2. The molecule has 0 aliphatic carbocycles. The Morgan fingerprint density at radius 2 is 1.90 bits per heavy atom. The highest BCUT2D eigenvalue weighted by atomic mass is 35.5. The summed E-state index contributed by atoms with van der Waals surface area (Å²) < 4.78 is 7.24. The van der Waals surface area contributed by atoms with Crippen molar-refractivity contribution < 1.29 is 9.53 Å². The molecule has 1 N–H and O–H groups in total. The number of benzene rings is 2. The topological polar surface area (TPSA) is 72.3 Å². The third-order valence-corrected chi connectivity index (χ3v) is 5.79. The first-order valence-corrected chi connectivity index (χ1v) is 10.7. The van der Waals surface area contributed by atoms with E-state index in [2.05, 4.69) is 27.3 Å². The molecule has 1 aromatic heterocycles. The zero-order valence-electron chi connectivity index (χ0n) is 17.3. The molecule has 0 saturated carbocycles. The van der Waals surface area contributed by atoms with Gasteiger partial charge in [-0.2, -0.15) is 0 Å². The second kappa shape index (κ2) is 9.97. The van der Waals surface area contributed by atoms with Gasteiger partial charge in [-0.15, -0.1) is 10.2 Å². The van der Waals surface area contributed by atoms with E-state index in [-0.39, 0.29) is 17.7 Å². The van der Waals surface area contributed by atoms with Crippen molar-refractivity contribution in [3.8, 4) is 11.4 Å². The van der Waals surface area contributed by atoms with Crippen LogP contribution in [0.3, 0.4) is 0 Å². The van der Waals surface area contributed by atoms with Gasteiger partial charge in [0.05, 0.1) is 24.6 Å². The fraction of sp³-hybridized carbons (Fsp3) is 0.286. The van der Waals surface area contributed by atoms with E-state index in [4.69, 9.17) is 16.3 Å². The number of ether oxygens (including phenoxy) is 1. The van der Waals surface area contributed by atoms with E-state index in [0.717, 1.165) is 11.5 Å². The number of thioether (sulfide) groups is 1. The molecule has 0 saturated heterocycles. The smallest absolute Gasteiger partial charge is 0.234 e. The summed E-state index contributed by atoms with van der Waals surface area (Å²) in [6.45, 7) is 2.05. The Bertz CT molecular complexity index is 1010. The number of methoxy groups -OCH3 is 1. The van der Waals surface area contributed by atoms with E-state index in [1.54, 1.807) is 19.2 Å². The Morgan fingerprint density at radius 3 is 2.57 bits per heavy atom. The van der Waals surface area contributed by atoms with Crippen molar-refractivity contribution in [2.24, 2.45) is 0 Å². The molecule has 30 heavy (non-hydrogen) atoms. The van der Waals surface area contributed by atoms with Gasteiger partial charge in [0, 0.05) is 10.7 Å². The third kappa shape index (κ3) is 5.13. The van der Waals surface area contributed by atoms with Crippen LogP contribution in [0.5, 0.6) is 5.75 Å². The van der Waals surface area contributed by atoms with Crippen LogP contribution in [0.15, 0.2) is 53.7 Å². The van der Waals surface area contributed by atoms with E-state index in [1.165, 1.54) is 11.8 Å². The quantitative estimate of drug-likeness (QED) is 0.521. The molecule has 7 nitrogen and oxygen atoms in total. The van der Waals surface area contributed by atoms with E-state index in [9.17, 15) is 4.79 Å². The summed E-state index contributed by atoms with van der Waals surface area (Å²) in [6.07, 6.45) is 0. The van der Waals surface area contributed by atoms with Gasteiger partial charge >= 0.3 is 0 Å². The molecule has 1 amide bonds. The zero-order chi connectivity index (χ0) is 21.7. The maximum absolute atomic E-state index is 12.5. The molecular formula is C21H24ClN5O2S. The number of aromatic nitrogens is 3. The number of hydrogen-bond acceptors (Lipinski definition) is 6. The van der Waals surface area contributed by atoms with Crippen molar-refractivity contribution in [1.29, 1.82) is 0 Å². The number of carbonyl (C=O) groups is 1. The minimum atomic E-state index is -0.155. The Morgan fingerprint density at radius 1 is 1.20 bits per heavy atom. The summed E-state index contributed by atoms with van der Waals surface area (Å²) in [4.78, 5) is 14.6. The molecule has 1 heterocycles. The van der Waals surface area contributed by atoms with E-state index in [0.29, 0.717) is 21.6 Å². The summed E-state index contributed by atoms with van der Waals surface area (Å²) in [5, 5.41) is 12.9. The molecule has 1 atom stereocenters. The SMILES string of the molecule is COc1ccccc1NC(=O)CSc1nnc(C(C)N(C)C)n1-c1ccc(Cl)cc1. The Balaban J connectivity index is 1.81. The maximum Gasteiger partial charge on any atom is 0.234 e. The third-order valence-electron chi connectivity index (χ3n) is 4.60. The molecular weight excluding hydrogens is 422 g/mol. The molecule has 0 aliphatic heterocycles. The van der Waals surface area contributed by atoms with Crippen molar-refractivity contribution in [3.05, 3.63) is 59.4 Å². The van der Waals surface area contributed by atoms with Crippen LogP contribution >= 0.6 is 23.4 Å². The molecule has 1 unspecified atom stereocenters. The Labute approximate surface area is 185 Å². The van der Waals surface area contributed by atoms with Gasteiger partial charge in [-0.05, 0) is 57.4 Å². The minimum Gasteiger partial charge on any atom is -0.495 e. The standard InChI is InChI=1S/C21H24ClN5O2S/c1-14(26(2)3)20-24-25-21(27(20)16-11-9-15(22)10-12-16)30-13-19(28)23-17-7-5-6-8-18(17)29-4/h5-12,14H,13H2,1-4H3,(H,23,28). The van der Waals surface area contributed by atoms with Crippen LogP contribution in [-0.4, -0.2) is 52.5 Å². The van der Waals surface area contributed by atoms with Gasteiger partial charge in [0.2, 0.25) is 5.91 Å². The fourth-order valence-corrected chi connectivity index (χ4v) is 3.66. The number of anilines is 1. The largest absolute Gasteiger partial charge is 0.495 e. The lowest BCUT2D eigenvalue weighted by Gasteiger charge is -2.20. The Hall–Kier alpha value is -2.55. The van der Waals surface area contributed by atoms with Crippen LogP contribution < -0.4 is 10.1 Å². The van der Waals surface area contributed by atoms with Crippen molar-refractivity contribution in [2.45, 2.75) is 18.1 Å². The molecule has 0 fully saturated rings. The van der Waals surface area contributed by atoms with Gasteiger partial charge in [0.15, 0.2) is 11.0 Å². The van der Waals surface area contributed by atoms with E-state index < -0.39 is 0 Å². The molecule has 0 bridgehead atoms. The van der Waals surface area contributed by atoms with Crippen LogP contribution in [-0.2, 0) is 4.79 Å². The van der Waals surface area contributed by atoms with Gasteiger partial charge in [0.1, 0.15) is 5.75 Å². The second-order valence-corrected chi connectivity index (χ2v) is 8.21. The average Bonchev–Trinajstić information content (AvgIpc) is 3.16. The molecule has 158 valence electrons. The maximum atomic E-state index is 12.5. The zero-order valence-corrected chi connectivity index (χ0v) is 18.9. The van der Waals surface area contributed by atoms with Crippen molar-refractivity contribution in [2.75, 3.05) is 32.3 Å². The van der Waals surface area contributed by atoms with Crippen molar-refractivity contribution >= 4 is 35.0 Å². The number of carbonyl (C=O) groups excluding carboxylic acids is 1. The number of para-hydroxylation sites is 2. The molecule has 2 aromatic carbocycles. The summed E-state index contributed by atoms with van der Waals surface area (Å²) in [6, 6.07) is 14.8. The first-order valence-electron chi connectivity index (χ1n) is 9.34. The predicted octanol–water partition coefficient (Wildman–Crippen LogP) is 4.28. The number of halogens is 1. The molecule has 0 spiro atoms. The van der Waals surface area contributed by atoms with Gasteiger partial charge in [-0.3, -0.25) is 14.3 Å². The average molecular weight is 446 g/mol. The molecule has 0 aliphatic rings. The highest BCUT2D eigenvalue weighted by Gasteiger charge is 2.21. The van der Waals surface area contributed by atoms with Crippen LogP contribution in [0.2, 0.25) is 5.02 Å². The van der Waals surface area contributed by atoms with Crippen molar-refractivity contribution in [1.82, 2.24) is 19.7 Å². The fourth-order valence-electron chi connectivity index (χ4n) is 2.77. The van der Waals surface area contributed by atoms with Crippen LogP contribution in [0, 0.1) is 0 Å².